The summed E-state index contributed by atoms with van der Waals surface area (Å²) >= 11 is 0. The average molecular weight is 397 g/mol. The summed E-state index contributed by atoms with van der Waals surface area (Å²) in [6.07, 6.45) is 12.5. The van der Waals surface area contributed by atoms with Crippen LogP contribution in [0.25, 0.3) is 0 Å². The van der Waals surface area contributed by atoms with Crippen molar-refractivity contribution < 1.29 is 9.84 Å². The SMILES string of the molecule is CO[C@H]1CC[C@H]2[C@@H]3CC[C@@H]4C[C@@](O)(Cc5ccccc5)CC[C@]4(C)[C@H]3CC[C@]12C. The second kappa shape index (κ2) is 7.09. The minimum atomic E-state index is -0.504. The quantitative estimate of drug-likeness (QED) is 0.677. The normalized spacial score (nSPS) is 49.2. The smallest absolute Gasteiger partial charge is 0.0691 e. The van der Waals surface area contributed by atoms with Gasteiger partial charge in [-0.25, -0.2) is 0 Å². The third-order valence-electron chi connectivity index (χ3n) is 10.4. The molecule has 0 amide bonds. The van der Waals surface area contributed by atoms with Crippen LogP contribution < -0.4 is 0 Å². The van der Waals surface area contributed by atoms with E-state index in [-0.39, 0.29) is 0 Å². The third kappa shape index (κ3) is 3.12. The maximum atomic E-state index is 11.5. The standard InChI is InChI=1S/C27H40O2/c1-25-15-16-27(28,17-19-7-5-4-6-8-19)18-20(25)9-10-21-22-11-12-24(29-3)26(22,2)14-13-23(21)25/h4-8,20-24,28H,9-18H2,1-3H3/t20-,21+,22+,23+,24+,25+,26+,27+/m1/s1. The van der Waals surface area contributed by atoms with Crippen LogP contribution in [-0.4, -0.2) is 23.9 Å². The number of hydrogen-bond acceptors (Lipinski definition) is 2. The lowest BCUT2D eigenvalue weighted by Crippen LogP contribution is -2.56. The summed E-state index contributed by atoms with van der Waals surface area (Å²) in [6, 6.07) is 10.6. The molecule has 160 valence electrons. The Morgan fingerprint density at radius 1 is 0.897 bits per heavy atom. The van der Waals surface area contributed by atoms with Crippen molar-refractivity contribution in [2.24, 2.45) is 34.5 Å². The van der Waals surface area contributed by atoms with Gasteiger partial charge in [0.1, 0.15) is 0 Å². The van der Waals surface area contributed by atoms with Gasteiger partial charge in [0.15, 0.2) is 0 Å². The van der Waals surface area contributed by atoms with Crippen LogP contribution in [0.1, 0.15) is 77.2 Å². The highest BCUT2D eigenvalue weighted by atomic mass is 16.5. The number of fused-ring (bicyclic) bond motifs is 5. The predicted octanol–water partition coefficient (Wildman–Crippen LogP) is 6.02. The average Bonchev–Trinajstić information content (AvgIpc) is 3.06. The molecule has 0 aromatic heterocycles. The molecule has 0 bridgehead atoms. The molecule has 29 heavy (non-hydrogen) atoms. The minimum absolute atomic E-state index is 0.405. The van der Waals surface area contributed by atoms with Gasteiger partial charge in [-0.2, -0.15) is 0 Å². The van der Waals surface area contributed by atoms with E-state index in [1.165, 1.54) is 50.5 Å². The number of ether oxygens (including phenoxy) is 1. The maximum absolute atomic E-state index is 11.5. The Kier molecular flexibility index (Phi) is 4.91. The van der Waals surface area contributed by atoms with Crippen molar-refractivity contribution in [2.45, 2.75) is 89.8 Å². The number of aliphatic hydroxyl groups is 1. The number of rotatable bonds is 3. The van der Waals surface area contributed by atoms with Gasteiger partial charge in [0.25, 0.3) is 0 Å². The van der Waals surface area contributed by atoms with Gasteiger partial charge in [0, 0.05) is 13.5 Å². The Labute approximate surface area is 177 Å². The lowest BCUT2D eigenvalue weighted by molar-refractivity contribution is -0.156. The summed E-state index contributed by atoms with van der Waals surface area (Å²) in [7, 11) is 1.93. The van der Waals surface area contributed by atoms with Crippen molar-refractivity contribution in [1.29, 1.82) is 0 Å². The molecule has 1 aromatic carbocycles. The topological polar surface area (TPSA) is 29.5 Å². The Morgan fingerprint density at radius 2 is 1.66 bits per heavy atom. The van der Waals surface area contributed by atoms with E-state index in [2.05, 4.69) is 44.2 Å². The molecule has 4 aliphatic carbocycles. The Morgan fingerprint density at radius 3 is 2.41 bits per heavy atom. The summed E-state index contributed by atoms with van der Waals surface area (Å²) in [6.45, 7) is 5.13. The van der Waals surface area contributed by atoms with Crippen LogP contribution in [0.15, 0.2) is 30.3 Å². The van der Waals surface area contributed by atoms with Crippen molar-refractivity contribution in [3.63, 3.8) is 0 Å². The molecule has 0 saturated heterocycles. The van der Waals surface area contributed by atoms with E-state index in [1.807, 2.05) is 7.11 Å². The molecule has 4 fully saturated rings. The Bertz CT molecular complexity index is 731. The molecule has 4 saturated carbocycles. The second-order valence-corrected chi connectivity index (χ2v) is 11.6. The van der Waals surface area contributed by atoms with Crippen LogP contribution in [0.4, 0.5) is 0 Å². The molecule has 0 aliphatic heterocycles. The first-order chi connectivity index (χ1) is 13.9. The van der Waals surface area contributed by atoms with E-state index in [0.717, 1.165) is 37.0 Å². The Hall–Kier alpha value is -0.860. The zero-order valence-electron chi connectivity index (χ0n) is 18.7. The van der Waals surface area contributed by atoms with Crippen molar-refractivity contribution in [3.8, 4) is 0 Å². The summed E-state index contributed by atoms with van der Waals surface area (Å²) in [5.41, 5.74) is 1.62. The fraction of sp³-hybridized carbons (Fsp3) is 0.778. The molecule has 5 rings (SSSR count). The molecule has 2 nitrogen and oxygen atoms in total. The largest absolute Gasteiger partial charge is 0.390 e. The number of methoxy groups -OCH3 is 1. The van der Waals surface area contributed by atoms with Gasteiger partial charge in [-0.1, -0.05) is 44.2 Å². The highest BCUT2D eigenvalue weighted by Crippen LogP contribution is 2.67. The van der Waals surface area contributed by atoms with Crippen LogP contribution in [0, 0.1) is 34.5 Å². The molecule has 1 N–H and O–H groups in total. The summed E-state index contributed by atoms with van der Waals surface area (Å²) in [4.78, 5) is 0. The fourth-order valence-electron chi connectivity index (χ4n) is 8.80. The van der Waals surface area contributed by atoms with Gasteiger partial charge in [-0.3, -0.25) is 0 Å². The molecule has 4 aliphatic rings. The van der Waals surface area contributed by atoms with Gasteiger partial charge >= 0.3 is 0 Å². The van der Waals surface area contributed by atoms with Crippen LogP contribution in [0.3, 0.4) is 0 Å². The first kappa shape index (κ1) is 20.1. The molecule has 0 heterocycles. The summed E-state index contributed by atoms with van der Waals surface area (Å²) in [5, 5.41) is 11.5. The van der Waals surface area contributed by atoms with E-state index < -0.39 is 5.60 Å². The van der Waals surface area contributed by atoms with Gasteiger partial charge < -0.3 is 9.84 Å². The third-order valence-corrected chi connectivity index (χ3v) is 10.4. The monoisotopic (exact) mass is 396 g/mol. The lowest BCUT2D eigenvalue weighted by atomic mass is 9.44. The van der Waals surface area contributed by atoms with E-state index in [0.29, 0.717) is 22.9 Å². The molecule has 1 aromatic rings. The van der Waals surface area contributed by atoms with Gasteiger partial charge in [-0.15, -0.1) is 0 Å². The summed E-state index contributed by atoms with van der Waals surface area (Å²) < 4.78 is 5.95. The first-order valence-electron chi connectivity index (χ1n) is 12.2. The maximum Gasteiger partial charge on any atom is 0.0691 e. The zero-order chi connectivity index (χ0) is 20.3. The lowest BCUT2D eigenvalue weighted by Gasteiger charge is -2.62. The second-order valence-electron chi connectivity index (χ2n) is 11.6. The molecule has 8 atom stereocenters. The van der Waals surface area contributed by atoms with E-state index in [4.69, 9.17) is 4.74 Å². The molecular weight excluding hydrogens is 356 g/mol. The van der Waals surface area contributed by atoms with Crippen LogP contribution in [0.5, 0.6) is 0 Å². The molecule has 2 heteroatoms. The van der Waals surface area contributed by atoms with Crippen LogP contribution in [-0.2, 0) is 11.2 Å². The highest BCUT2D eigenvalue weighted by molar-refractivity contribution is 5.19. The number of benzene rings is 1. The highest BCUT2D eigenvalue weighted by Gasteiger charge is 2.61. The minimum Gasteiger partial charge on any atom is -0.390 e. The van der Waals surface area contributed by atoms with Crippen molar-refractivity contribution in [2.75, 3.05) is 7.11 Å². The fourth-order valence-corrected chi connectivity index (χ4v) is 8.80. The molecular formula is C27H40O2. The number of hydrogen-bond donors (Lipinski definition) is 1. The zero-order valence-corrected chi connectivity index (χ0v) is 18.7. The van der Waals surface area contributed by atoms with E-state index in [9.17, 15) is 5.11 Å². The van der Waals surface area contributed by atoms with Crippen molar-refractivity contribution >= 4 is 0 Å². The first-order valence-corrected chi connectivity index (χ1v) is 12.2. The van der Waals surface area contributed by atoms with Crippen molar-refractivity contribution in [1.82, 2.24) is 0 Å². The van der Waals surface area contributed by atoms with Crippen LogP contribution >= 0.6 is 0 Å². The van der Waals surface area contributed by atoms with Crippen molar-refractivity contribution in [3.05, 3.63) is 35.9 Å². The van der Waals surface area contributed by atoms with E-state index in [1.54, 1.807) is 0 Å². The van der Waals surface area contributed by atoms with E-state index >= 15 is 0 Å². The van der Waals surface area contributed by atoms with Gasteiger partial charge in [0.2, 0.25) is 0 Å². The molecule has 0 radical (unpaired) electrons. The van der Waals surface area contributed by atoms with Crippen LogP contribution in [0.2, 0.25) is 0 Å². The van der Waals surface area contributed by atoms with Gasteiger partial charge in [0.05, 0.1) is 11.7 Å². The molecule has 0 unspecified atom stereocenters. The molecule has 0 spiro atoms. The van der Waals surface area contributed by atoms with Gasteiger partial charge in [-0.05, 0) is 97.9 Å². The summed E-state index contributed by atoms with van der Waals surface area (Å²) in [5.74, 6) is 3.29. The predicted molar refractivity (Wildman–Crippen MR) is 118 cm³/mol. The Balaban J connectivity index is 1.34.